The van der Waals surface area contributed by atoms with E-state index in [1.54, 1.807) is 0 Å². The maximum absolute atomic E-state index is 4.69. The third-order valence-corrected chi connectivity index (χ3v) is 2.36. The number of rotatable bonds is 2. The van der Waals surface area contributed by atoms with Crippen LogP contribution in [0.3, 0.4) is 0 Å². The molecule has 0 spiro atoms. The minimum absolute atomic E-state index is 0.276. The van der Waals surface area contributed by atoms with Gasteiger partial charge in [0.2, 0.25) is 0 Å². The van der Waals surface area contributed by atoms with Crippen LogP contribution in [-0.4, -0.2) is 36.2 Å². The summed E-state index contributed by atoms with van der Waals surface area (Å²) in [5.74, 6) is 1.81. The van der Waals surface area contributed by atoms with Crippen molar-refractivity contribution >= 4 is 11.5 Å². The van der Waals surface area contributed by atoms with Crippen LogP contribution >= 0.6 is 0 Å². The SMILES string of the molecule is CC(C)CC1=NC(C)(C)N=C(N(C)C)C1. The first-order valence-corrected chi connectivity index (χ1v) is 5.64. The molecule has 1 aliphatic rings. The molecule has 0 saturated carbocycles. The maximum atomic E-state index is 4.69. The minimum Gasteiger partial charge on any atom is -0.366 e. The molecule has 0 aromatic heterocycles. The molecule has 0 atom stereocenters. The number of hydrogen-bond donors (Lipinski definition) is 0. The molecule has 0 bridgehead atoms. The second-order valence-corrected chi connectivity index (χ2v) is 5.37. The van der Waals surface area contributed by atoms with Crippen LogP contribution in [0, 0.1) is 5.92 Å². The van der Waals surface area contributed by atoms with Crippen molar-refractivity contribution in [3.8, 4) is 0 Å². The molecule has 0 saturated heterocycles. The van der Waals surface area contributed by atoms with E-state index in [1.165, 1.54) is 5.71 Å². The summed E-state index contributed by atoms with van der Waals surface area (Å²) < 4.78 is 0. The minimum atomic E-state index is -0.276. The quantitative estimate of drug-likeness (QED) is 0.687. The summed E-state index contributed by atoms with van der Waals surface area (Å²) in [6.45, 7) is 8.60. The van der Waals surface area contributed by atoms with E-state index in [1.807, 2.05) is 14.1 Å². The van der Waals surface area contributed by atoms with Gasteiger partial charge in [-0.3, -0.25) is 4.99 Å². The molecule has 0 aliphatic carbocycles. The van der Waals surface area contributed by atoms with Gasteiger partial charge in [0, 0.05) is 26.2 Å². The topological polar surface area (TPSA) is 28.0 Å². The van der Waals surface area contributed by atoms with Gasteiger partial charge in [0.15, 0.2) is 0 Å². The highest BCUT2D eigenvalue weighted by Crippen LogP contribution is 2.21. The Kier molecular flexibility index (Phi) is 3.53. The standard InChI is InChI=1S/C12H23N3/c1-9(2)7-10-8-11(15(5)6)14-12(3,4)13-10/h9H,7-8H2,1-6H3. The molecule has 86 valence electrons. The van der Waals surface area contributed by atoms with E-state index in [0.29, 0.717) is 5.92 Å². The van der Waals surface area contributed by atoms with E-state index < -0.39 is 0 Å². The first kappa shape index (κ1) is 12.2. The van der Waals surface area contributed by atoms with E-state index >= 15 is 0 Å². The van der Waals surface area contributed by atoms with Gasteiger partial charge in [-0.15, -0.1) is 0 Å². The van der Waals surface area contributed by atoms with E-state index in [9.17, 15) is 0 Å². The third-order valence-electron chi connectivity index (χ3n) is 2.36. The van der Waals surface area contributed by atoms with Crippen molar-refractivity contribution in [2.24, 2.45) is 15.9 Å². The van der Waals surface area contributed by atoms with Gasteiger partial charge in [-0.1, -0.05) is 13.8 Å². The molecule has 0 fully saturated rings. The van der Waals surface area contributed by atoms with Crippen molar-refractivity contribution in [2.75, 3.05) is 14.1 Å². The Morgan fingerprint density at radius 3 is 2.33 bits per heavy atom. The number of hydrogen-bond acceptors (Lipinski definition) is 3. The fourth-order valence-corrected chi connectivity index (χ4v) is 1.84. The zero-order valence-corrected chi connectivity index (χ0v) is 10.8. The summed E-state index contributed by atoms with van der Waals surface area (Å²) >= 11 is 0. The lowest BCUT2D eigenvalue weighted by Crippen LogP contribution is -2.34. The van der Waals surface area contributed by atoms with Gasteiger partial charge in [-0.25, -0.2) is 4.99 Å². The largest absolute Gasteiger partial charge is 0.366 e. The first-order valence-electron chi connectivity index (χ1n) is 5.64. The van der Waals surface area contributed by atoms with Gasteiger partial charge in [0.25, 0.3) is 0 Å². The van der Waals surface area contributed by atoms with Crippen molar-refractivity contribution < 1.29 is 0 Å². The van der Waals surface area contributed by atoms with Crippen LogP contribution in [0.25, 0.3) is 0 Å². The molecule has 0 aromatic rings. The van der Waals surface area contributed by atoms with Crippen LogP contribution < -0.4 is 0 Å². The molecule has 1 aliphatic heterocycles. The highest BCUT2D eigenvalue weighted by atomic mass is 15.2. The second-order valence-electron chi connectivity index (χ2n) is 5.37. The molecular formula is C12H23N3. The van der Waals surface area contributed by atoms with Crippen LogP contribution in [0.15, 0.2) is 9.98 Å². The zero-order valence-electron chi connectivity index (χ0n) is 10.8. The lowest BCUT2D eigenvalue weighted by molar-refractivity contribution is 0.506. The third kappa shape index (κ3) is 3.65. The van der Waals surface area contributed by atoms with Crippen LogP contribution in [-0.2, 0) is 0 Å². The lowest BCUT2D eigenvalue weighted by atomic mass is 10.0. The molecule has 1 rings (SSSR count). The van der Waals surface area contributed by atoms with Crippen molar-refractivity contribution in [1.82, 2.24) is 4.90 Å². The Bertz CT molecular complexity index is 285. The Morgan fingerprint density at radius 1 is 1.27 bits per heavy atom. The smallest absolute Gasteiger partial charge is 0.146 e. The Balaban J connectivity index is 2.82. The predicted molar refractivity (Wildman–Crippen MR) is 66.7 cm³/mol. The Labute approximate surface area is 93.3 Å². The number of nitrogens with zero attached hydrogens (tertiary/aromatic N) is 3. The normalized spacial score (nSPS) is 19.9. The van der Waals surface area contributed by atoms with Gasteiger partial charge in [0.1, 0.15) is 11.5 Å². The Hall–Kier alpha value is -0.860. The number of amidine groups is 1. The summed E-state index contributed by atoms with van der Waals surface area (Å²) in [5, 5.41) is 0. The van der Waals surface area contributed by atoms with Gasteiger partial charge in [-0.05, 0) is 26.2 Å². The van der Waals surface area contributed by atoms with Gasteiger partial charge in [0.05, 0.1) is 0 Å². The summed E-state index contributed by atoms with van der Waals surface area (Å²) in [5.41, 5.74) is 1.01. The van der Waals surface area contributed by atoms with Crippen LogP contribution in [0.2, 0.25) is 0 Å². The fraction of sp³-hybridized carbons (Fsp3) is 0.833. The van der Waals surface area contributed by atoms with Gasteiger partial charge < -0.3 is 4.90 Å². The molecule has 3 heteroatoms. The van der Waals surface area contributed by atoms with Crippen molar-refractivity contribution in [3.05, 3.63) is 0 Å². The van der Waals surface area contributed by atoms with E-state index in [2.05, 4.69) is 42.6 Å². The lowest BCUT2D eigenvalue weighted by Gasteiger charge is -2.28. The average Bonchev–Trinajstić information content (AvgIpc) is 1.98. The zero-order chi connectivity index (χ0) is 11.6. The summed E-state index contributed by atoms with van der Waals surface area (Å²) in [6.07, 6.45) is 1.99. The first-order chi connectivity index (χ1) is 6.80. The van der Waals surface area contributed by atoms with Gasteiger partial charge in [-0.2, -0.15) is 0 Å². The second kappa shape index (κ2) is 4.33. The number of aliphatic imine (C=N–C) groups is 2. The van der Waals surface area contributed by atoms with Crippen molar-refractivity contribution in [3.63, 3.8) is 0 Å². The monoisotopic (exact) mass is 209 g/mol. The highest BCUT2D eigenvalue weighted by Gasteiger charge is 2.24. The van der Waals surface area contributed by atoms with Crippen molar-refractivity contribution in [1.29, 1.82) is 0 Å². The summed E-state index contributed by atoms with van der Waals surface area (Å²) in [4.78, 5) is 11.4. The van der Waals surface area contributed by atoms with Crippen LogP contribution in [0.4, 0.5) is 0 Å². The molecule has 0 unspecified atom stereocenters. The average molecular weight is 209 g/mol. The van der Waals surface area contributed by atoms with E-state index in [4.69, 9.17) is 0 Å². The van der Waals surface area contributed by atoms with Gasteiger partial charge >= 0.3 is 0 Å². The highest BCUT2D eigenvalue weighted by molar-refractivity contribution is 6.05. The predicted octanol–water partition coefficient (Wildman–Crippen LogP) is 2.57. The molecule has 0 amide bonds. The molecule has 15 heavy (non-hydrogen) atoms. The Morgan fingerprint density at radius 2 is 1.87 bits per heavy atom. The molecule has 0 radical (unpaired) electrons. The van der Waals surface area contributed by atoms with Crippen LogP contribution in [0.5, 0.6) is 0 Å². The molecular weight excluding hydrogens is 186 g/mol. The molecule has 0 aromatic carbocycles. The summed E-state index contributed by atoms with van der Waals surface area (Å²) in [7, 11) is 4.10. The maximum Gasteiger partial charge on any atom is 0.146 e. The molecule has 1 heterocycles. The molecule has 3 nitrogen and oxygen atoms in total. The summed E-state index contributed by atoms with van der Waals surface area (Å²) in [6, 6.07) is 0. The van der Waals surface area contributed by atoms with E-state index in [-0.39, 0.29) is 5.66 Å². The fourth-order valence-electron chi connectivity index (χ4n) is 1.84. The molecule has 0 N–H and O–H groups in total. The van der Waals surface area contributed by atoms with E-state index in [0.717, 1.165) is 18.7 Å². The van der Waals surface area contributed by atoms with Crippen molar-refractivity contribution in [2.45, 2.75) is 46.2 Å². The van der Waals surface area contributed by atoms with Crippen LogP contribution in [0.1, 0.15) is 40.5 Å².